The predicted molar refractivity (Wildman–Crippen MR) is 100 cm³/mol. The Hall–Kier alpha value is -2.82. The van der Waals surface area contributed by atoms with E-state index in [1.807, 2.05) is 68.4 Å². The summed E-state index contributed by atoms with van der Waals surface area (Å²) < 4.78 is 5.62. The highest BCUT2D eigenvalue weighted by Crippen LogP contribution is 2.15. The van der Waals surface area contributed by atoms with E-state index in [1.165, 1.54) is 0 Å². The molecule has 0 spiro atoms. The van der Waals surface area contributed by atoms with Gasteiger partial charge in [-0.15, -0.1) is 0 Å². The molecule has 0 aliphatic rings. The fraction of sp³-hybridized carbons (Fsp3) is 0.333. The topological polar surface area (TPSA) is 75.6 Å². The molecule has 1 atom stereocenters. The number of rotatable bonds is 9. The molecular formula is C21H25NO4. The van der Waals surface area contributed by atoms with Crippen molar-refractivity contribution >= 4 is 11.9 Å². The van der Waals surface area contributed by atoms with Crippen molar-refractivity contribution in [1.29, 1.82) is 0 Å². The first kappa shape index (κ1) is 19.5. The summed E-state index contributed by atoms with van der Waals surface area (Å²) in [4.78, 5) is 23.6. The Labute approximate surface area is 154 Å². The van der Waals surface area contributed by atoms with Crippen LogP contribution in [0.3, 0.4) is 0 Å². The van der Waals surface area contributed by atoms with Gasteiger partial charge in [-0.3, -0.25) is 9.59 Å². The molecule has 1 amide bonds. The zero-order valence-corrected chi connectivity index (χ0v) is 15.1. The van der Waals surface area contributed by atoms with Crippen LogP contribution in [0, 0.1) is 5.92 Å². The molecular weight excluding hydrogens is 330 g/mol. The molecule has 0 saturated heterocycles. The van der Waals surface area contributed by atoms with Gasteiger partial charge in [-0.25, -0.2) is 0 Å². The SMILES string of the molecule is CC(C)Oc1cccc(CC(=O)NCC(Cc2ccccc2)C(=O)O)c1. The van der Waals surface area contributed by atoms with E-state index >= 15 is 0 Å². The summed E-state index contributed by atoms with van der Waals surface area (Å²) in [6, 6.07) is 16.8. The number of carboxylic acid groups (broad SMARTS) is 1. The maximum absolute atomic E-state index is 12.2. The maximum Gasteiger partial charge on any atom is 0.308 e. The number of carboxylic acids is 1. The van der Waals surface area contributed by atoms with Crippen molar-refractivity contribution in [3.05, 3.63) is 65.7 Å². The standard InChI is InChI=1S/C21H25NO4/c1-15(2)26-19-10-6-9-17(12-19)13-20(23)22-14-18(21(24)25)11-16-7-4-3-5-8-16/h3-10,12,15,18H,11,13-14H2,1-2H3,(H,22,23)(H,24,25). The molecule has 1 unspecified atom stereocenters. The van der Waals surface area contributed by atoms with Crippen LogP contribution in [0.4, 0.5) is 0 Å². The molecule has 26 heavy (non-hydrogen) atoms. The average molecular weight is 355 g/mol. The number of ether oxygens (including phenoxy) is 1. The second-order valence-corrected chi connectivity index (χ2v) is 6.52. The third kappa shape index (κ3) is 6.59. The van der Waals surface area contributed by atoms with Gasteiger partial charge in [-0.05, 0) is 43.5 Å². The monoisotopic (exact) mass is 355 g/mol. The highest BCUT2D eigenvalue weighted by atomic mass is 16.5. The van der Waals surface area contributed by atoms with Crippen LogP contribution >= 0.6 is 0 Å². The summed E-state index contributed by atoms with van der Waals surface area (Å²) in [6.07, 6.45) is 0.634. The molecule has 0 aromatic heterocycles. The van der Waals surface area contributed by atoms with E-state index in [0.717, 1.165) is 16.9 Å². The van der Waals surface area contributed by atoms with Crippen LogP contribution in [0.25, 0.3) is 0 Å². The zero-order chi connectivity index (χ0) is 18.9. The first-order valence-electron chi connectivity index (χ1n) is 8.73. The minimum Gasteiger partial charge on any atom is -0.491 e. The second-order valence-electron chi connectivity index (χ2n) is 6.52. The zero-order valence-electron chi connectivity index (χ0n) is 15.1. The average Bonchev–Trinajstić information content (AvgIpc) is 2.59. The van der Waals surface area contributed by atoms with Crippen LogP contribution < -0.4 is 10.1 Å². The van der Waals surface area contributed by atoms with Crippen LogP contribution in [0.1, 0.15) is 25.0 Å². The number of carbonyl (C=O) groups excluding carboxylic acids is 1. The fourth-order valence-electron chi connectivity index (χ4n) is 2.63. The van der Waals surface area contributed by atoms with Crippen molar-refractivity contribution in [1.82, 2.24) is 5.32 Å². The van der Waals surface area contributed by atoms with Crippen molar-refractivity contribution in [2.75, 3.05) is 6.54 Å². The summed E-state index contributed by atoms with van der Waals surface area (Å²) in [7, 11) is 0. The first-order valence-corrected chi connectivity index (χ1v) is 8.73. The molecule has 0 radical (unpaired) electrons. The van der Waals surface area contributed by atoms with E-state index in [0.29, 0.717) is 6.42 Å². The molecule has 0 bridgehead atoms. The van der Waals surface area contributed by atoms with Gasteiger partial charge in [-0.2, -0.15) is 0 Å². The van der Waals surface area contributed by atoms with Crippen LogP contribution in [0.15, 0.2) is 54.6 Å². The molecule has 5 nitrogen and oxygen atoms in total. The molecule has 0 saturated carbocycles. The Balaban J connectivity index is 1.89. The highest BCUT2D eigenvalue weighted by molar-refractivity contribution is 5.79. The lowest BCUT2D eigenvalue weighted by Gasteiger charge is -2.14. The van der Waals surface area contributed by atoms with Gasteiger partial charge >= 0.3 is 5.97 Å². The molecule has 2 rings (SSSR count). The van der Waals surface area contributed by atoms with Crippen molar-refractivity contribution < 1.29 is 19.4 Å². The van der Waals surface area contributed by atoms with Crippen LogP contribution in [0.5, 0.6) is 5.75 Å². The lowest BCUT2D eigenvalue weighted by Crippen LogP contribution is -2.34. The van der Waals surface area contributed by atoms with E-state index < -0.39 is 11.9 Å². The van der Waals surface area contributed by atoms with Gasteiger partial charge in [0.2, 0.25) is 5.91 Å². The van der Waals surface area contributed by atoms with E-state index in [9.17, 15) is 14.7 Å². The molecule has 138 valence electrons. The Morgan fingerprint density at radius 3 is 2.38 bits per heavy atom. The van der Waals surface area contributed by atoms with Gasteiger partial charge in [0.15, 0.2) is 0 Å². The van der Waals surface area contributed by atoms with Crippen LogP contribution in [-0.4, -0.2) is 29.6 Å². The van der Waals surface area contributed by atoms with Crippen molar-refractivity contribution in [2.45, 2.75) is 32.8 Å². The van der Waals surface area contributed by atoms with E-state index in [2.05, 4.69) is 5.32 Å². The van der Waals surface area contributed by atoms with E-state index in [1.54, 1.807) is 0 Å². The van der Waals surface area contributed by atoms with Gasteiger partial charge < -0.3 is 15.2 Å². The van der Waals surface area contributed by atoms with Crippen molar-refractivity contribution in [3.63, 3.8) is 0 Å². The lowest BCUT2D eigenvalue weighted by molar-refractivity contribution is -0.141. The third-order valence-corrected chi connectivity index (χ3v) is 3.85. The quantitative estimate of drug-likeness (QED) is 0.725. The molecule has 0 aliphatic heterocycles. The molecule has 0 fully saturated rings. The summed E-state index contributed by atoms with van der Waals surface area (Å²) in [5, 5.41) is 12.1. The van der Waals surface area contributed by atoms with E-state index in [4.69, 9.17) is 4.74 Å². The third-order valence-electron chi connectivity index (χ3n) is 3.85. The number of carbonyl (C=O) groups is 2. The predicted octanol–water partition coefficient (Wildman–Crippen LogP) is 3.08. The largest absolute Gasteiger partial charge is 0.491 e. The minimum atomic E-state index is -0.915. The molecule has 2 N–H and O–H groups in total. The fourth-order valence-corrected chi connectivity index (χ4v) is 2.63. The van der Waals surface area contributed by atoms with E-state index in [-0.39, 0.29) is 25.0 Å². The lowest BCUT2D eigenvalue weighted by atomic mass is 9.99. The van der Waals surface area contributed by atoms with Gasteiger partial charge in [0.05, 0.1) is 18.4 Å². The maximum atomic E-state index is 12.2. The van der Waals surface area contributed by atoms with Gasteiger partial charge in [-0.1, -0.05) is 42.5 Å². The second kappa shape index (κ2) is 9.61. The first-order chi connectivity index (χ1) is 12.4. The van der Waals surface area contributed by atoms with Crippen LogP contribution in [-0.2, 0) is 22.4 Å². The van der Waals surface area contributed by atoms with Gasteiger partial charge in [0, 0.05) is 6.54 Å². The number of aliphatic carboxylic acids is 1. The van der Waals surface area contributed by atoms with Crippen molar-refractivity contribution in [3.8, 4) is 5.75 Å². The summed E-state index contributed by atoms with van der Waals surface area (Å²) in [6.45, 7) is 3.99. The Morgan fingerprint density at radius 2 is 1.73 bits per heavy atom. The molecule has 0 heterocycles. The summed E-state index contributed by atoms with van der Waals surface area (Å²) in [5.41, 5.74) is 1.77. The van der Waals surface area contributed by atoms with Gasteiger partial charge in [0.1, 0.15) is 5.75 Å². The molecule has 2 aromatic rings. The normalized spacial score (nSPS) is 11.8. The number of hydrogen-bond donors (Lipinski definition) is 2. The summed E-state index contributed by atoms with van der Waals surface area (Å²) >= 11 is 0. The molecule has 0 aliphatic carbocycles. The molecule has 2 aromatic carbocycles. The number of hydrogen-bond acceptors (Lipinski definition) is 3. The minimum absolute atomic E-state index is 0.0633. The van der Waals surface area contributed by atoms with Gasteiger partial charge in [0.25, 0.3) is 0 Å². The Kier molecular flexibility index (Phi) is 7.21. The van der Waals surface area contributed by atoms with Crippen LogP contribution in [0.2, 0.25) is 0 Å². The number of amides is 1. The number of nitrogens with one attached hydrogen (secondary N) is 1. The Bertz CT molecular complexity index is 728. The Morgan fingerprint density at radius 1 is 1.04 bits per heavy atom. The highest BCUT2D eigenvalue weighted by Gasteiger charge is 2.19. The number of benzene rings is 2. The molecule has 5 heteroatoms. The smallest absolute Gasteiger partial charge is 0.308 e. The summed E-state index contributed by atoms with van der Waals surface area (Å²) in [5.74, 6) is -1.05. The van der Waals surface area contributed by atoms with Crippen molar-refractivity contribution in [2.24, 2.45) is 5.92 Å².